The molecule has 1 amide bonds. The van der Waals surface area contributed by atoms with Crippen molar-refractivity contribution in [3.63, 3.8) is 0 Å². The van der Waals surface area contributed by atoms with Gasteiger partial charge in [-0.1, -0.05) is 28.1 Å². The third-order valence-corrected chi connectivity index (χ3v) is 5.46. The average Bonchev–Trinajstić information content (AvgIpc) is 2.78. The molecule has 0 saturated carbocycles. The van der Waals surface area contributed by atoms with Crippen molar-refractivity contribution < 1.29 is 24.5 Å². The number of carbonyl (C=O) groups is 2. The molecular formula is C24H16Br2N2O5. The molecule has 0 aliphatic heterocycles. The Morgan fingerprint density at radius 1 is 1.06 bits per heavy atom. The molecule has 166 valence electrons. The Morgan fingerprint density at radius 2 is 1.73 bits per heavy atom. The average molecular weight is 572 g/mol. The predicted octanol–water partition coefficient (Wildman–Crippen LogP) is 5.74. The summed E-state index contributed by atoms with van der Waals surface area (Å²) in [6, 6.07) is 17.5. The highest BCUT2D eigenvalue weighted by atomic mass is 79.9. The number of amides is 1. The van der Waals surface area contributed by atoms with Gasteiger partial charge in [-0.25, -0.2) is 4.79 Å². The Kier molecular flexibility index (Phi) is 7.87. The van der Waals surface area contributed by atoms with Crippen LogP contribution >= 0.6 is 31.9 Å². The van der Waals surface area contributed by atoms with E-state index in [-0.39, 0.29) is 23.5 Å². The quantitative estimate of drug-likeness (QED) is 0.189. The minimum absolute atomic E-state index is 0.0578. The van der Waals surface area contributed by atoms with Crippen LogP contribution in [0.25, 0.3) is 6.08 Å². The highest BCUT2D eigenvalue weighted by molar-refractivity contribution is 9.11. The number of carboxylic acids is 1. The number of phenolic OH excluding ortho intramolecular Hbond substituents is 1. The SMILES string of the molecule is N#C/C(=C\c1cc(Br)cc(Br)c1OCc1ccc(C(=O)O)cc1)C(=O)Nc1ccc(O)cc1. The maximum Gasteiger partial charge on any atom is 0.335 e. The molecule has 0 aromatic heterocycles. The van der Waals surface area contributed by atoms with E-state index in [0.29, 0.717) is 25.9 Å². The molecule has 0 saturated heterocycles. The molecule has 3 aromatic rings. The molecule has 0 atom stereocenters. The number of aromatic hydroxyl groups is 1. The fourth-order valence-electron chi connectivity index (χ4n) is 2.79. The van der Waals surface area contributed by atoms with E-state index in [1.54, 1.807) is 24.3 Å². The van der Waals surface area contributed by atoms with Crippen LogP contribution in [-0.2, 0) is 11.4 Å². The summed E-state index contributed by atoms with van der Waals surface area (Å²) in [4.78, 5) is 23.6. The lowest BCUT2D eigenvalue weighted by atomic mass is 10.1. The van der Waals surface area contributed by atoms with Crippen LogP contribution < -0.4 is 10.1 Å². The number of carboxylic acid groups (broad SMARTS) is 1. The van der Waals surface area contributed by atoms with Gasteiger partial charge in [0.1, 0.15) is 29.7 Å². The molecule has 3 N–H and O–H groups in total. The zero-order valence-corrected chi connectivity index (χ0v) is 20.1. The lowest BCUT2D eigenvalue weighted by molar-refractivity contribution is -0.112. The van der Waals surface area contributed by atoms with Crippen molar-refractivity contribution in [2.75, 3.05) is 5.32 Å². The van der Waals surface area contributed by atoms with Gasteiger partial charge in [0, 0.05) is 15.7 Å². The van der Waals surface area contributed by atoms with Gasteiger partial charge in [0.25, 0.3) is 5.91 Å². The standard InChI is InChI=1S/C24H16Br2N2O5/c25-18-10-16(9-17(12-27)23(30)28-19-5-7-20(29)8-6-19)22(21(26)11-18)33-13-14-1-3-15(4-2-14)24(31)32/h1-11,29H,13H2,(H,28,30)(H,31,32)/b17-9+. The van der Waals surface area contributed by atoms with E-state index in [1.165, 1.54) is 42.5 Å². The number of rotatable bonds is 7. The van der Waals surface area contributed by atoms with E-state index < -0.39 is 11.9 Å². The second kappa shape index (κ2) is 10.8. The summed E-state index contributed by atoms with van der Waals surface area (Å²) >= 11 is 6.84. The summed E-state index contributed by atoms with van der Waals surface area (Å²) in [5.41, 5.74) is 1.68. The second-order valence-corrected chi connectivity index (χ2v) is 8.54. The zero-order chi connectivity index (χ0) is 24.0. The topological polar surface area (TPSA) is 120 Å². The van der Waals surface area contributed by atoms with E-state index >= 15 is 0 Å². The number of nitrogens with zero attached hydrogens (tertiary/aromatic N) is 1. The van der Waals surface area contributed by atoms with Crippen LogP contribution in [0.1, 0.15) is 21.5 Å². The van der Waals surface area contributed by atoms with Crippen LogP contribution in [0.4, 0.5) is 5.69 Å². The van der Waals surface area contributed by atoms with Crippen LogP contribution in [0.5, 0.6) is 11.5 Å². The van der Waals surface area contributed by atoms with E-state index in [9.17, 15) is 20.0 Å². The minimum Gasteiger partial charge on any atom is -0.508 e. The molecule has 3 rings (SSSR count). The van der Waals surface area contributed by atoms with Gasteiger partial charge in [-0.2, -0.15) is 5.26 Å². The lowest BCUT2D eigenvalue weighted by Crippen LogP contribution is -2.13. The van der Waals surface area contributed by atoms with E-state index in [1.807, 2.05) is 6.07 Å². The molecule has 0 fully saturated rings. The summed E-state index contributed by atoms with van der Waals surface area (Å²) in [7, 11) is 0. The van der Waals surface area contributed by atoms with Gasteiger partial charge < -0.3 is 20.3 Å². The van der Waals surface area contributed by atoms with Gasteiger partial charge in [-0.15, -0.1) is 0 Å². The number of benzene rings is 3. The fraction of sp³-hybridized carbons (Fsp3) is 0.0417. The molecular weight excluding hydrogens is 556 g/mol. The molecule has 3 aromatic carbocycles. The summed E-state index contributed by atoms with van der Waals surface area (Å²) in [5, 5.41) is 30.6. The summed E-state index contributed by atoms with van der Waals surface area (Å²) in [6.45, 7) is 0.141. The van der Waals surface area contributed by atoms with Crippen LogP contribution in [0, 0.1) is 11.3 Å². The number of aromatic carboxylic acids is 1. The van der Waals surface area contributed by atoms with E-state index in [2.05, 4.69) is 37.2 Å². The van der Waals surface area contributed by atoms with E-state index in [0.717, 1.165) is 5.56 Å². The van der Waals surface area contributed by atoms with Crippen molar-refractivity contribution >= 4 is 55.5 Å². The lowest BCUT2D eigenvalue weighted by Gasteiger charge is -2.13. The van der Waals surface area contributed by atoms with Crippen molar-refractivity contribution in [2.45, 2.75) is 6.61 Å². The van der Waals surface area contributed by atoms with Gasteiger partial charge in [-0.05, 0) is 76.1 Å². The largest absolute Gasteiger partial charge is 0.508 e. The van der Waals surface area contributed by atoms with Crippen molar-refractivity contribution in [3.8, 4) is 17.6 Å². The maximum absolute atomic E-state index is 12.6. The Bertz CT molecular complexity index is 1260. The Labute approximate surface area is 206 Å². The van der Waals surface area contributed by atoms with Crippen LogP contribution in [-0.4, -0.2) is 22.1 Å². The number of nitrogens with one attached hydrogen (secondary N) is 1. The number of carbonyl (C=O) groups excluding carboxylic acids is 1. The number of hydrogen-bond donors (Lipinski definition) is 3. The molecule has 0 bridgehead atoms. The Balaban J connectivity index is 1.85. The number of hydrogen-bond acceptors (Lipinski definition) is 5. The third-order valence-electron chi connectivity index (χ3n) is 4.41. The smallest absolute Gasteiger partial charge is 0.335 e. The highest BCUT2D eigenvalue weighted by Gasteiger charge is 2.15. The van der Waals surface area contributed by atoms with Crippen LogP contribution in [0.15, 0.2) is 75.2 Å². The third kappa shape index (κ3) is 6.44. The molecule has 0 aliphatic rings. The fourth-order valence-corrected chi connectivity index (χ4v) is 4.16. The first-order valence-electron chi connectivity index (χ1n) is 9.43. The Hall–Kier alpha value is -3.61. The highest BCUT2D eigenvalue weighted by Crippen LogP contribution is 2.35. The van der Waals surface area contributed by atoms with Crippen molar-refractivity contribution in [3.05, 3.63) is 91.9 Å². The van der Waals surface area contributed by atoms with Crippen LogP contribution in [0.2, 0.25) is 0 Å². The van der Waals surface area contributed by atoms with Crippen molar-refractivity contribution in [2.24, 2.45) is 0 Å². The molecule has 0 spiro atoms. The number of phenols is 1. The molecule has 33 heavy (non-hydrogen) atoms. The molecule has 0 radical (unpaired) electrons. The monoisotopic (exact) mass is 570 g/mol. The number of nitriles is 1. The first-order valence-corrected chi connectivity index (χ1v) is 11.0. The first-order chi connectivity index (χ1) is 15.8. The summed E-state index contributed by atoms with van der Waals surface area (Å²) in [5.74, 6) is -1.16. The molecule has 0 unspecified atom stereocenters. The molecule has 9 heteroatoms. The Morgan fingerprint density at radius 3 is 2.33 bits per heavy atom. The first kappa shape index (κ1) is 24.0. The zero-order valence-electron chi connectivity index (χ0n) is 16.9. The second-order valence-electron chi connectivity index (χ2n) is 6.77. The maximum atomic E-state index is 12.6. The van der Waals surface area contributed by atoms with Crippen molar-refractivity contribution in [1.29, 1.82) is 5.26 Å². The normalized spacial score (nSPS) is 10.9. The van der Waals surface area contributed by atoms with Gasteiger partial charge in [0.05, 0.1) is 10.0 Å². The van der Waals surface area contributed by atoms with Crippen LogP contribution in [0.3, 0.4) is 0 Å². The number of anilines is 1. The predicted molar refractivity (Wildman–Crippen MR) is 130 cm³/mol. The summed E-state index contributed by atoms with van der Waals surface area (Å²) < 4.78 is 7.24. The van der Waals surface area contributed by atoms with Crippen molar-refractivity contribution in [1.82, 2.24) is 0 Å². The summed E-state index contributed by atoms with van der Waals surface area (Å²) in [6.07, 6.45) is 1.41. The van der Waals surface area contributed by atoms with Gasteiger partial charge >= 0.3 is 5.97 Å². The van der Waals surface area contributed by atoms with Gasteiger partial charge in [0.2, 0.25) is 0 Å². The number of halogens is 2. The number of ether oxygens (including phenoxy) is 1. The molecule has 0 heterocycles. The van der Waals surface area contributed by atoms with E-state index in [4.69, 9.17) is 9.84 Å². The molecule has 7 nitrogen and oxygen atoms in total. The minimum atomic E-state index is -1.01. The molecule has 0 aliphatic carbocycles. The van der Waals surface area contributed by atoms with Gasteiger partial charge in [0.15, 0.2) is 0 Å². The van der Waals surface area contributed by atoms with Gasteiger partial charge in [-0.3, -0.25) is 4.79 Å².